The van der Waals surface area contributed by atoms with Gasteiger partial charge in [-0.15, -0.1) is 0 Å². The summed E-state index contributed by atoms with van der Waals surface area (Å²) >= 11 is 0. The summed E-state index contributed by atoms with van der Waals surface area (Å²) in [5.74, 6) is 1.66. The van der Waals surface area contributed by atoms with E-state index in [-0.39, 0.29) is 6.04 Å². The van der Waals surface area contributed by atoms with E-state index in [0.29, 0.717) is 6.61 Å². The van der Waals surface area contributed by atoms with Gasteiger partial charge in [-0.3, -0.25) is 4.99 Å². The molecule has 0 aliphatic carbocycles. The second kappa shape index (κ2) is 9.52. The smallest absolute Gasteiger partial charge is 0.191 e. The van der Waals surface area contributed by atoms with E-state index in [1.807, 2.05) is 0 Å². The molecule has 1 heterocycles. The molecule has 1 saturated heterocycles. The van der Waals surface area contributed by atoms with Gasteiger partial charge in [0, 0.05) is 45.5 Å². The summed E-state index contributed by atoms with van der Waals surface area (Å²) in [6, 6.07) is 9.09. The van der Waals surface area contributed by atoms with E-state index < -0.39 is 0 Å². The highest BCUT2D eigenvalue weighted by molar-refractivity contribution is 5.79. The van der Waals surface area contributed by atoms with Crippen molar-refractivity contribution < 1.29 is 4.74 Å². The molecule has 2 rings (SSSR count). The number of benzene rings is 1. The third kappa shape index (κ3) is 5.71. The third-order valence-electron chi connectivity index (χ3n) is 4.57. The maximum absolute atomic E-state index is 5.14. The summed E-state index contributed by atoms with van der Waals surface area (Å²) in [5.41, 5.74) is 2.59. The van der Waals surface area contributed by atoms with Crippen molar-refractivity contribution in [2.75, 3.05) is 38.8 Å². The highest BCUT2D eigenvalue weighted by Gasteiger charge is 2.15. The Kier molecular flexibility index (Phi) is 7.37. The minimum Gasteiger partial charge on any atom is -0.383 e. The molecule has 0 aromatic heterocycles. The molecule has 1 aromatic rings. The van der Waals surface area contributed by atoms with E-state index in [4.69, 9.17) is 4.74 Å². The van der Waals surface area contributed by atoms with Crippen molar-refractivity contribution in [1.82, 2.24) is 10.6 Å². The van der Waals surface area contributed by atoms with Crippen LogP contribution in [0.15, 0.2) is 29.3 Å². The lowest BCUT2D eigenvalue weighted by Gasteiger charge is -2.32. The van der Waals surface area contributed by atoms with Gasteiger partial charge in [-0.2, -0.15) is 0 Å². The fourth-order valence-corrected chi connectivity index (χ4v) is 3.00. The highest BCUT2D eigenvalue weighted by atomic mass is 16.5. The molecule has 0 radical (unpaired) electrons. The minimum atomic E-state index is 0.227. The van der Waals surface area contributed by atoms with Crippen LogP contribution in [0.25, 0.3) is 0 Å². The van der Waals surface area contributed by atoms with Crippen LogP contribution in [-0.4, -0.2) is 45.9 Å². The van der Waals surface area contributed by atoms with Crippen molar-refractivity contribution in [1.29, 1.82) is 0 Å². The van der Waals surface area contributed by atoms with Gasteiger partial charge in [0.1, 0.15) is 0 Å². The van der Waals surface area contributed by atoms with Crippen molar-refractivity contribution in [2.24, 2.45) is 10.9 Å². The van der Waals surface area contributed by atoms with Crippen LogP contribution >= 0.6 is 0 Å². The first-order valence-electron chi connectivity index (χ1n) is 8.92. The fraction of sp³-hybridized carbons (Fsp3) is 0.632. The maximum Gasteiger partial charge on any atom is 0.191 e. The molecule has 1 unspecified atom stereocenters. The second-order valence-electron chi connectivity index (χ2n) is 6.76. The van der Waals surface area contributed by atoms with Gasteiger partial charge in [0.2, 0.25) is 0 Å². The summed E-state index contributed by atoms with van der Waals surface area (Å²) in [5, 5.41) is 6.66. The lowest BCUT2D eigenvalue weighted by Crippen LogP contribution is -2.43. The fourth-order valence-electron chi connectivity index (χ4n) is 3.00. The number of methoxy groups -OCH3 is 1. The molecule has 1 aliphatic rings. The van der Waals surface area contributed by atoms with Crippen LogP contribution < -0.4 is 15.5 Å². The van der Waals surface area contributed by atoms with Gasteiger partial charge in [0.25, 0.3) is 0 Å². The van der Waals surface area contributed by atoms with Gasteiger partial charge >= 0.3 is 0 Å². The van der Waals surface area contributed by atoms with Crippen LogP contribution in [0.4, 0.5) is 5.69 Å². The van der Waals surface area contributed by atoms with E-state index in [0.717, 1.165) is 18.4 Å². The first-order chi connectivity index (χ1) is 11.6. The lowest BCUT2D eigenvalue weighted by molar-refractivity contribution is 0.179. The Balaban J connectivity index is 1.83. The summed E-state index contributed by atoms with van der Waals surface area (Å²) in [7, 11) is 3.49. The van der Waals surface area contributed by atoms with Crippen LogP contribution in [0.3, 0.4) is 0 Å². The Labute approximate surface area is 146 Å². The molecule has 0 saturated carbocycles. The molecule has 1 aromatic carbocycles. The lowest BCUT2D eigenvalue weighted by atomic mass is 9.99. The van der Waals surface area contributed by atoms with Crippen molar-refractivity contribution in [2.45, 2.75) is 39.3 Å². The summed E-state index contributed by atoms with van der Waals surface area (Å²) in [4.78, 5) is 6.74. The SMILES string of the molecule is CN=C(NCc1ccc(N2CCC(C)CC2)cc1)NC(C)COC. The zero-order valence-electron chi connectivity index (χ0n) is 15.5. The average Bonchev–Trinajstić information content (AvgIpc) is 2.60. The Morgan fingerprint density at radius 1 is 1.29 bits per heavy atom. The Bertz CT molecular complexity index is 507. The molecular weight excluding hydrogens is 300 g/mol. The van der Waals surface area contributed by atoms with Gasteiger partial charge in [-0.05, 0) is 43.4 Å². The second-order valence-corrected chi connectivity index (χ2v) is 6.76. The number of rotatable bonds is 6. The summed E-state index contributed by atoms with van der Waals surface area (Å²) in [6.45, 7) is 8.19. The van der Waals surface area contributed by atoms with Crippen LogP contribution in [0.2, 0.25) is 0 Å². The third-order valence-corrected chi connectivity index (χ3v) is 4.57. The standard InChI is InChI=1S/C19H32N4O/c1-15-9-11-23(12-10-15)18-7-5-17(6-8-18)13-21-19(20-3)22-16(2)14-24-4/h5-8,15-16H,9-14H2,1-4H3,(H2,20,21,22). The molecule has 1 atom stereocenters. The molecule has 2 N–H and O–H groups in total. The van der Waals surface area contributed by atoms with Crippen LogP contribution in [-0.2, 0) is 11.3 Å². The zero-order chi connectivity index (χ0) is 17.4. The van der Waals surface area contributed by atoms with Gasteiger partial charge < -0.3 is 20.3 Å². The average molecular weight is 332 g/mol. The number of guanidine groups is 1. The quantitative estimate of drug-likeness (QED) is 0.621. The first kappa shape index (κ1) is 18.6. The molecule has 134 valence electrons. The van der Waals surface area contributed by atoms with E-state index in [9.17, 15) is 0 Å². The van der Waals surface area contributed by atoms with Crippen LogP contribution in [0.1, 0.15) is 32.3 Å². The summed E-state index contributed by atoms with van der Waals surface area (Å²) < 4.78 is 5.14. The molecular formula is C19H32N4O. The normalized spacial score (nSPS) is 17.7. The van der Waals surface area contributed by atoms with Gasteiger partial charge in [0.15, 0.2) is 5.96 Å². The molecule has 5 heteroatoms. The maximum atomic E-state index is 5.14. The summed E-state index contributed by atoms with van der Waals surface area (Å²) in [6.07, 6.45) is 2.59. The van der Waals surface area contributed by atoms with Crippen LogP contribution in [0, 0.1) is 5.92 Å². The minimum absolute atomic E-state index is 0.227. The van der Waals surface area contributed by atoms with Gasteiger partial charge in [0.05, 0.1) is 6.61 Å². The molecule has 0 amide bonds. The Morgan fingerprint density at radius 3 is 2.54 bits per heavy atom. The van der Waals surface area contributed by atoms with Crippen LogP contribution in [0.5, 0.6) is 0 Å². The molecule has 1 aliphatic heterocycles. The number of aliphatic imine (C=N–C) groups is 1. The monoisotopic (exact) mass is 332 g/mol. The number of ether oxygens (including phenoxy) is 1. The molecule has 5 nitrogen and oxygen atoms in total. The molecule has 1 fully saturated rings. The number of piperidine rings is 1. The topological polar surface area (TPSA) is 48.9 Å². The number of hydrogen-bond donors (Lipinski definition) is 2. The predicted molar refractivity (Wildman–Crippen MR) is 102 cm³/mol. The number of hydrogen-bond acceptors (Lipinski definition) is 3. The largest absolute Gasteiger partial charge is 0.383 e. The predicted octanol–water partition coefficient (Wildman–Crippen LogP) is 2.62. The number of nitrogens with zero attached hydrogens (tertiary/aromatic N) is 2. The van der Waals surface area contributed by atoms with E-state index in [2.05, 4.69) is 58.6 Å². The first-order valence-corrected chi connectivity index (χ1v) is 8.92. The Morgan fingerprint density at radius 2 is 1.96 bits per heavy atom. The highest BCUT2D eigenvalue weighted by Crippen LogP contribution is 2.23. The van der Waals surface area contributed by atoms with E-state index in [1.54, 1.807) is 14.2 Å². The van der Waals surface area contributed by atoms with Crippen molar-refractivity contribution in [3.63, 3.8) is 0 Å². The van der Waals surface area contributed by atoms with Crippen molar-refractivity contribution in [3.8, 4) is 0 Å². The zero-order valence-corrected chi connectivity index (χ0v) is 15.5. The van der Waals surface area contributed by atoms with E-state index in [1.165, 1.54) is 37.2 Å². The van der Waals surface area contributed by atoms with Crippen molar-refractivity contribution in [3.05, 3.63) is 29.8 Å². The molecule has 0 bridgehead atoms. The number of anilines is 1. The van der Waals surface area contributed by atoms with Gasteiger partial charge in [-0.1, -0.05) is 19.1 Å². The van der Waals surface area contributed by atoms with E-state index >= 15 is 0 Å². The van der Waals surface area contributed by atoms with Crippen molar-refractivity contribution >= 4 is 11.6 Å². The van der Waals surface area contributed by atoms with Gasteiger partial charge in [-0.25, -0.2) is 0 Å². The molecule has 24 heavy (non-hydrogen) atoms. The number of nitrogens with one attached hydrogen (secondary N) is 2. The Hall–Kier alpha value is -1.75. The molecule has 0 spiro atoms.